The Bertz CT molecular complexity index is 1760. The third kappa shape index (κ3) is 7.53. The van der Waals surface area contributed by atoms with Gasteiger partial charge < -0.3 is 23.2 Å². The van der Waals surface area contributed by atoms with Crippen molar-refractivity contribution in [3.8, 4) is 22.9 Å². The molecular weight excluding hydrogens is 646 g/mol. The van der Waals surface area contributed by atoms with E-state index in [4.69, 9.17) is 30.2 Å². The summed E-state index contributed by atoms with van der Waals surface area (Å²) in [6.45, 7) is 6.92. The van der Waals surface area contributed by atoms with E-state index in [9.17, 15) is 4.79 Å². The van der Waals surface area contributed by atoms with Gasteiger partial charge in [-0.2, -0.15) is 5.10 Å². The van der Waals surface area contributed by atoms with Crippen LogP contribution in [0.5, 0.6) is 17.2 Å². The molecule has 44 heavy (non-hydrogen) atoms. The number of carbonyl (C=O) groups excluding carboxylic acids is 1. The van der Waals surface area contributed by atoms with Crippen molar-refractivity contribution in [2.45, 2.75) is 34.0 Å². The zero-order chi connectivity index (χ0) is 31.1. The molecule has 1 N–H and O–H groups in total. The number of aryl methyl sites for hydroxylation is 2. The number of hydrogen-bond acceptors (Lipinski definition) is 6. The van der Waals surface area contributed by atoms with Gasteiger partial charge in [0.05, 0.1) is 17.3 Å². The molecule has 10 heteroatoms. The molecule has 8 nitrogen and oxygen atoms in total. The number of nitrogens with zero attached hydrogens (tertiary/aromatic N) is 2. The van der Waals surface area contributed by atoms with E-state index in [0.717, 1.165) is 22.6 Å². The van der Waals surface area contributed by atoms with Gasteiger partial charge in [0, 0.05) is 27.7 Å². The Morgan fingerprint density at radius 2 is 1.70 bits per heavy atom. The highest BCUT2D eigenvalue weighted by molar-refractivity contribution is 9.10. The van der Waals surface area contributed by atoms with Crippen molar-refractivity contribution in [3.63, 3.8) is 0 Å². The van der Waals surface area contributed by atoms with Crippen molar-refractivity contribution in [2.24, 2.45) is 5.10 Å². The van der Waals surface area contributed by atoms with Crippen LogP contribution >= 0.6 is 27.5 Å². The topological polar surface area (TPSA) is 87.2 Å². The Hall–Kier alpha value is -4.47. The number of amides is 1. The molecule has 0 saturated heterocycles. The summed E-state index contributed by atoms with van der Waals surface area (Å²) in [5, 5.41) is 4.71. The average molecular weight is 677 g/mol. The number of furan rings is 1. The zero-order valence-corrected chi connectivity index (χ0v) is 26.8. The van der Waals surface area contributed by atoms with Crippen molar-refractivity contribution >= 4 is 39.7 Å². The normalized spacial score (nSPS) is 11.1. The molecule has 5 rings (SSSR count). The van der Waals surface area contributed by atoms with Gasteiger partial charge in [-0.25, -0.2) is 5.43 Å². The predicted molar refractivity (Wildman–Crippen MR) is 174 cm³/mol. The van der Waals surface area contributed by atoms with E-state index >= 15 is 0 Å². The molecule has 0 bridgehead atoms. The number of carbonyl (C=O) groups is 1. The van der Waals surface area contributed by atoms with Crippen molar-refractivity contribution < 1.29 is 23.4 Å². The van der Waals surface area contributed by atoms with E-state index in [2.05, 4.69) is 57.0 Å². The molecule has 3 aromatic carbocycles. The molecule has 0 radical (unpaired) electrons. The van der Waals surface area contributed by atoms with Gasteiger partial charge in [0.1, 0.15) is 24.7 Å². The number of hydrogen-bond donors (Lipinski definition) is 1. The first-order valence-electron chi connectivity index (χ1n) is 13.9. The lowest BCUT2D eigenvalue weighted by atomic mass is 10.2. The number of nitrogens with one attached hydrogen (secondary N) is 1. The van der Waals surface area contributed by atoms with Crippen LogP contribution in [0, 0.1) is 13.8 Å². The Morgan fingerprint density at radius 1 is 0.955 bits per heavy atom. The Morgan fingerprint density at radius 3 is 2.43 bits per heavy atom. The first kappa shape index (κ1) is 31.0. The Labute approximate surface area is 269 Å². The van der Waals surface area contributed by atoms with Crippen LogP contribution in [-0.2, 0) is 13.2 Å². The predicted octanol–water partition coefficient (Wildman–Crippen LogP) is 8.42. The van der Waals surface area contributed by atoms with Gasteiger partial charge in [-0.15, -0.1) is 0 Å². The van der Waals surface area contributed by atoms with Gasteiger partial charge in [0.15, 0.2) is 17.3 Å². The smallest absolute Gasteiger partial charge is 0.307 e. The number of hydrazone groups is 1. The summed E-state index contributed by atoms with van der Waals surface area (Å²) in [4.78, 5) is 12.6. The van der Waals surface area contributed by atoms with Crippen molar-refractivity contribution in [3.05, 3.63) is 128 Å². The number of ether oxygens (including phenoxy) is 3. The van der Waals surface area contributed by atoms with E-state index in [1.165, 1.54) is 6.21 Å². The number of aromatic nitrogens is 1. The minimum Gasteiger partial charge on any atom is -0.490 e. The fourth-order valence-corrected chi connectivity index (χ4v) is 5.31. The molecule has 0 aliphatic rings. The van der Waals surface area contributed by atoms with Crippen LogP contribution in [0.2, 0.25) is 5.02 Å². The van der Waals surface area contributed by atoms with E-state index in [1.807, 2.05) is 61.5 Å². The molecule has 226 valence electrons. The van der Waals surface area contributed by atoms with Gasteiger partial charge in [0.2, 0.25) is 0 Å². The highest BCUT2D eigenvalue weighted by Crippen LogP contribution is 2.37. The van der Waals surface area contributed by atoms with Crippen LogP contribution in [0.4, 0.5) is 0 Å². The lowest BCUT2D eigenvalue weighted by Gasteiger charge is -2.15. The van der Waals surface area contributed by atoms with Crippen LogP contribution in [0.3, 0.4) is 0 Å². The van der Waals surface area contributed by atoms with Crippen LogP contribution in [0.15, 0.2) is 98.9 Å². The number of benzene rings is 3. The summed E-state index contributed by atoms with van der Waals surface area (Å²) in [5.41, 5.74) is 7.43. The standard InChI is InChI=1S/C34H31BrClN3O5/c1-4-41-32-18-24(17-29(35)33(32)43-20-25-7-5-6-8-30(25)36)19-37-38-34(40)31-16-15-28(44-31)21-42-27-13-11-26(12-14-27)39-22(2)9-10-23(39)3/h5-19H,4,20-21H2,1-3H3,(H,38,40)/b37-19+. The van der Waals surface area contributed by atoms with E-state index in [-0.39, 0.29) is 19.0 Å². The molecule has 0 saturated carbocycles. The largest absolute Gasteiger partial charge is 0.490 e. The molecule has 1 amide bonds. The molecule has 0 spiro atoms. The molecule has 0 aliphatic heterocycles. The fraction of sp³-hybridized carbons (Fsp3) is 0.176. The quantitative estimate of drug-likeness (QED) is 0.106. The minimum absolute atomic E-state index is 0.120. The zero-order valence-electron chi connectivity index (χ0n) is 24.5. The maximum atomic E-state index is 12.6. The summed E-state index contributed by atoms with van der Waals surface area (Å²) in [5.74, 6) is 1.91. The number of rotatable bonds is 12. The second-order valence-corrected chi connectivity index (χ2v) is 11.1. The summed E-state index contributed by atoms with van der Waals surface area (Å²) >= 11 is 9.82. The van der Waals surface area contributed by atoms with E-state index < -0.39 is 5.91 Å². The molecule has 2 heterocycles. The second kappa shape index (κ2) is 14.3. The second-order valence-electron chi connectivity index (χ2n) is 9.84. The fourth-order valence-electron chi connectivity index (χ4n) is 4.55. The van der Waals surface area contributed by atoms with Crippen molar-refractivity contribution in [1.29, 1.82) is 0 Å². The van der Waals surface area contributed by atoms with Gasteiger partial charge in [-0.3, -0.25) is 4.79 Å². The average Bonchev–Trinajstić information content (AvgIpc) is 3.63. The summed E-state index contributed by atoms with van der Waals surface area (Å²) in [6.07, 6.45) is 1.51. The molecule has 0 aliphatic carbocycles. The van der Waals surface area contributed by atoms with Crippen LogP contribution in [0.25, 0.3) is 5.69 Å². The summed E-state index contributed by atoms with van der Waals surface area (Å²) in [6, 6.07) is 26.4. The Balaban J connectivity index is 1.16. The molecule has 0 unspecified atom stereocenters. The van der Waals surface area contributed by atoms with Gasteiger partial charge in [-0.1, -0.05) is 29.8 Å². The highest BCUT2D eigenvalue weighted by atomic mass is 79.9. The molecule has 2 aromatic heterocycles. The molecule has 0 atom stereocenters. The van der Waals surface area contributed by atoms with Gasteiger partial charge in [0.25, 0.3) is 0 Å². The third-order valence-corrected chi connectivity index (χ3v) is 7.63. The van der Waals surface area contributed by atoms with E-state index in [0.29, 0.717) is 44.7 Å². The molecule has 5 aromatic rings. The molecule has 0 fully saturated rings. The maximum absolute atomic E-state index is 12.6. The minimum atomic E-state index is -0.488. The van der Waals surface area contributed by atoms with Crippen LogP contribution in [0.1, 0.15) is 45.8 Å². The summed E-state index contributed by atoms with van der Waals surface area (Å²) < 4.78 is 26.2. The first-order chi connectivity index (χ1) is 21.3. The van der Waals surface area contributed by atoms with Crippen LogP contribution in [-0.4, -0.2) is 23.3 Å². The van der Waals surface area contributed by atoms with Crippen LogP contribution < -0.4 is 19.6 Å². The van der Waals surface area contributed by atoms with E-state index in [1.54, 1.807) is 18.2 Å². The lowest BCUT2D eigenvalue weighted by Crippen LogP contribution is -2.16. The Kier molecular flexibility index (Phi) is 10.1. The highest BCUT2D eigenvalue weighted by Gasteiger charge is 2.14. The van der Waals surface area contributed by atoms with Crippen molar-refractivity contribution in [1.82, 2.24) is 9.99 Å². The van der Waals surface area contributed by atoms with Gasteiger partial charge in [-0.05, 0) is 109 Å². The molecular formula is C34H31BrClN3O5. The monoisotopic (exact) mass is 675 g/mol. The lowest BCUT2D eigenvalue weighted by molar-refractivity contribution is 0.0923. The van der Waals surface area contributed by atoms with Crippen molar-refractivity contribution in [2.75, 3.05) is 6.61 Å². The summed E-state index contributed by atoms with van der Waals surface area (Å²) in [7, 11) is 0. The first-order valence-corrected chi connectivity index (χ1v) is 15.1. The third-order valence-electron chi connectivity index (χ3n) is 6.67. The maximum Gasteiger partial charge on any atom is 0.307 e. The van der Waals surface area contributed by atoms with Gasteiger partial charge >= 0.3 is 5.91 Å². The number of halogens is 2. The SMILES string of the molecule is CCOc1cc(/C=N/NC(=O)c2ccc(COc3ccc(-n4c(C)ccc4C)cc3)o2)cc(Br)c1OCc1ccccc1Cl.